The molecular formula is C31H31ClO3. The van der Waals surface area contributed by atoms with Gasteiger partial charge in [-0.25, -0.2) is 0 Å². The predicted octanol–water partition coefficient (Wildman–Crippen LogP) is 8.38. The van der Waals surface area contributed by atoms with Crippen molar-refractivity contribution in [1.29, 1.82) is 0 Å². The molecule has 0 saturated heterocycles. The Balaban J connectivity index is 1.46. The Morgan fingerprint density at radius 1 is 1.00 bits per heavy atom. The van der Waals surface area contributed by atoms with Crippen molar-refractivity contribution >= 4 is 29.3 Å². The first kappa shape index (κ1) is 23.6. The second-order valence-electron chi connectivity index (χ2n) is 9.45. The Morgan fingerprint density at radius 2 is 1.80 bits per heavy atom. The summed E-state index contributed by atoms with van der Waals surface area (Å²) < 4.78 is 18.9. The first-order chi connectivity index (χ1) is 17.0. The highest BCUT2D eigenvalue weighted by Crippen LogP contribution is 2.44. The zero-order valence-electron chi connectivity index (χ0n) is 20.6. The van der Waals surface area contributed by atoms with Crippen molar-refractivity contribution in [3.8, 4) is 17.2 Å². The number of benzene rings is 3. The van der Waals surface area contributed by atoms with Crippen LogP contribution in [0.3, 0.4) is 0 Å². The van der Waals surface area contributed by atoms with E-state index in [-0.39, 0.29) is 5.60 Å². The number of ether oxygens (including phenoxy) is 3. The van der Waals surface area contributed by atoms with Crippen LogP contribution >= 0.6 is 11.6 Å². The zero-order valence-corrected chi connectivity index (χ0v) is 21.3. The third-order valence-corrected chi connectivity index (χ3v) is 7.03. The van der Waals surface area contributed by atoms with Gasteiger partial charge < -0.3 is 14.2 Å². The van der Waals surface area contributed by atoms with Gasteiger partial charge in [-0.05, 0) is 79.5 Å². The molecular weight excluding hydrogens is 456 g/mol. The summed E-state index contributed by atoms with van der Waals surface area (Å²) in [5.74, 6) is 2.64. The molecule has 180 valence electrons. The van der Waals surface area contributed by atoms with Crippen LogP contribution in [0.1, 0.15) is 61.4 Å². The lowest BCUT2D eigenvalue weighted by Gasteiger charge is -2.32. The van der Waals surface area contributed by atoms with Crippen molar-refractivity contribution in [3.05, 3.63) is 93.5 Å². The number of aryl methyl sites for hydroxylation is 1. The lowest BCUT2D eigenvalue weighted by atomic mass is 9.93. The Hall–Kier alpha value is -3.17. The summed E-state index contributed by atoms with van der Waals surface area (Å²) in [6, 6.07) is 18.4. The maximum atomic E-state index is 6.35. The lowest BCUT2D eigenvalue weighted by molar-refractivity contribution is 0.132. The smallest absolute Gasteiger partial charge is 0.137 e. The van der Waals surface area contributed by atoms with Crippen LogP contribution in [-0.4, -0.2) is 12.2 Å². The van der Waals surface area contributed by atoms with Gasteiger partial charge >= 0.3 is 0 Å². The number of fused-ring (bicyclic) bond motifs is 3. The van der Waals surface area contributed by atoms with Crippen molar-refractivity contribution in [2.75, 3.05) is 6.61 Å². The fraction of sp³-hybridized carbons (Fsp3) is 0.290. The van der Waals surface area contributed by atoms with Gasteiger partial charge in [0.2, 0.25) is 0 Å². The van der Waals surface area contributed by atoms with Gasteiger partial charge in [-0.15, -0.1) is 0 Å². The average Bonchev–Trinajstić information content (AvgIpc) is 2.88. The Labute approximate surface area is 213 Å². The first-order valence-electron chi connectivity index (χ1n) is 12.4. The summed E-state index contributed by atoms with van der Waals surface area (Å²) in [6.45, 7) is 7.40. The van der Waals surface area contributed by atoms with E-state index in [1.54, 1.807) is 0 Å². The highest BCUT2D eigenvalue weighted by Gasteiger charge is 2.29. The van der Waals surface area contributed by atoms with E-state index in [0.717, 1.165) is 69.4 Å². The number of hydrogen-bond donors (Lipinski definition) is 0. The molecule has 2 heterocycles. The van der Waals surface area contributed by atoms with Crippen LogP contribution in [0.25, 0.3) is 17.7 Å². The van der Waals surface area contributed by atoms with Gasteiger partial charge in [0, 0.05) is 21.7 Å². The van der Waals surface area contributed by atoms with Crippen LogP contribution in [0.4, 0.5) is 0 Å². The molecule has 4 heteroatoms. The summed E-state index contributed by atoms with van der Waals surface area (Å²) in [4.78, 5) is 0. The van der Waals surface area contributed by atoms with Crippen LogP contribution in [-0.2, 0) is 13.0 Å². The molecule has 0 amide bonds. The summed E-state index contributed by atoms with van der Waals surface area (Å²) in [7, 11) is 0. The van der Waals surface area contributed by atoms with E-state index in [1.807, 2.05) is 24.3 Å². The molecule has 35 heavy (non-hydrogen) atoms. The summed E-state index contributed by atoms with van der Waals surface area (Å²) in [5, 5.41) is 0.726. The van der Waals surface area contributed by atoms with E-state index < -0.39 is 0 Å². The molecule has 0 saturated carbocycles. The SMILES string of the molecule is CCCc1ccc(C2=Cc3ccc4c(c3OC2)C=CC(C)(CC)O4)c(OCc2ccc(Cl)cc2)c1. The largest absolute Gasteiger partial charge is 0.488 e. The maximum Gasteiger partial charge on any atom is 0.137 e. The van der Waals surface area contributed by atoms with E-state index in [4.69, 9.17) is 25.8 Å². The Morgan fingerprint density at radius 3 is 2.57 bits per heavy atom. The molecule has 0 aliphatic carbocycles. The van der Waals surface area contributed by atoms with Crippen molar-refractivity contribution in [2.24, 2.45) is 0 Å². The van der Waals surface area contributed by atoms with Crippen molar-refractivity contribution < 1.29 is 14.2 Å². The first-order valence-corrected chi connectivity index (χ1v) is 12.7. The van der Waals surface area contributed by atoms with Crippen LogP contribution in [0, 0.1) is 0 Å². The second-order valence-corrected chi connectivity index (χ2v) is 9.89. The molecule has 2 aliphatic rings. The zero-order chi connectivity index (χ0) is 24.4. The monoisotopic (exact) mass is 486 g/mol. The minimum atomic E-state index is -0.270. The van der Waals surface area contributed by atoms with Crippen LogP contribution in [0.5, 0.6) is 17.2 Å². The van der Waals surface area contributed by atoms with Gasteiger partial charge in [-0.3, -0.25) is 0 Å². The lowest BCUT2D eigenvalue weighted by Crippen LogP contribution is -2.31. The van der Waals surface area contributed by atoms with Gasteiger partial charge in [0.25, 0.3) is 0 Å². The third-order valence-electron chi connectivity index (χ3n) is 6.77. The van der Waals surface area contributed by atoms with Gasteiger partial charge in [0.1, 0.15) is 36.1 Å². The molecule has 0 bridgehead atoms. The average molecular weight is 487 g/mol. The molecule has 3 aromatic rings. The minimum Gasteiger partial charge on any atom is -0.488 e. The minimum absolute atomic E-state index is 0.270. The summed E-state index contributed by atoms with van der Waals surface area (Å²) in [6.07, 6.45) is 9.51. The van der Waals surface area contributed by atoms with Crippen LogP contribution in [0.15, 0.2) is 60.7 Å². The molecule has 1 atom stereocenters. The number of hydrogen-bond acceptors (Lipinski definition) is 3. The summed E-state index contributed by atoms with van der Waals surface area (Å²) >= 11 is 6.04. The molecule has 3 aromatic carbocycles. The van der Waals surface area contributed by atoms with Gasteiger partial charge in [0.15, 0.2) is 0 Å². The Kier molecular flexibility index (Phi) is 6.62. The number of rotatable bonds is 7. The molecule has 0 aromatic heterocycles. The Bertz CT molecular complexity index is 1290. The van der Waals surface area contributed by atoms with Crippen molar-refractivity contribution in [3.63, 3.8) is 0 Å². The molecule has 5 rings (SSSR count). The van der Waals surface area contributed by atoms with E-state index in [9.17, 15) is 0 Å². The molecule has 3 nitrogen and oxygen atoms in total. The van der Waals surface area contributed by atoms with E-state index in [2.05, 4.69) is 69.3 Å². The van der Waals surface area contributed by atoms with E-state index in [1.165, 1.54) is 5.56 Å². The fourth-order valence-electron chi connectivity index (χ4n) is 4.53. The third kappa shape index (κ3) is 4.97. The summed E-state index contributed by atoms with van der Waals surface area (Å²) in [5.41, 5.74) is 6.32. The van der Waals surface area contributed by atoms with Crippen molar-refractivity contribution in [2.45, 2.75) is 52.2 Å². The van der Waals surface area contributed by atoms with Gasteiger partial charge in [-0.2, -0.15) is 0 Å². The predicted molar refractivity (Wildman–Crippen MR) is 144 cm³/mol. The van der Waals surface area contributed by atoms with Crippen LogP contribution in [0.2, 0.25) is 5.02 Å². The molecule has 0 N–H and O–H groups in total. The van der Waals surface area contributed by atoms with Crippen molar-refractivity contribution in [1.82, 2.24) is 0 Å². The van der Waals surface area contributed by atoms with Gasteiger partial charge in [0.05, 0.1) is 5.56 Å². The highest BCUT2D eigenvalue weighted by atomic mass is 35.5. The van der Waals surface area contributed by atoms with Crippen LogP contribution < -0.4 is 14.2 Å². The maximum absolute atomic E-state index is 6.35. The quantitative estimate of drug-likeness (QED) is 0.335. The normalized spacial score (nSPS) is 18.1. The van der Waals surface area contributed by atoms with E-state index >= 15 is 0 Å². The molecule has 0 fully saturated rings. The van der Waals surface area contributed by atoms with E-state index in [0.29, 0.717) is 13.2 Å². The molecule has 0 spiro atoms. The second kappa shape index (κ2) is 9.83. The molecule has 0 radical (unpaired) electrons. The fourth-order valence-corrected chi connectivity index (χ4v) is 4.65. The molecule has 2 aliphatic heterocycles. The highest BCUT2D eigenvalue weighted by molar-refractivity contribution is 6.30. The molecule has 1 unspecified atom stereocenters. The topological polar surface area (TPSA) is 27.7 Å². The number of halogens is 1. The van der Waals surface area contributed by atoms with Gasteiger partial charge in [-0.1, -0.05) is 56.1 Å². The standard InChI is InChI=1S/C31H31ClO3/c1-4-6-21-9-13-26(29(17-21)33-19-22-7-11-25(32)12-8-22)24-18-23-10-14-28-27(30(23)34-20-24)15-16-31(3,5-2)35-28/h7-18H,4-6,19-20H2,1-3H3.